The van der Waals surface area contributed by atoms with Gasteiger partial charge in [0.15, 0.2) is 5.17 Å². The van der Waals surface area contributed by atoms with Crippen LogP contribution in [0.3, 0.4) is 0 Å². The number of carboxylic acid groups (broad SMARTS) is 1. The Bertz CT molecular complexity index is 1280. The zero-order valence-corrected chi connectivity index (χ0v) is 17.0. The second kappa shape index (κ2) is 8.29. The Labute approximate surface area is 183 Å². The van der Waals surface area contributed by atoms with Crippen molar-refractivity contribution in [2.45, 2.75) is 0 Å². The van der Waals surface area contributed by atoms with Crippen LogP contribution in [0.1, 0.15) is 16.1 Å². The lowest BCUT2D eigenvalue weighted by atomic mass is 10.1. The molecule has 1 aliphatic rings. The maximum absolute atomic E-state index is 13.3. The van der Waals surface area contributed by atoms with Crippen molar-refractivity contribution in [3.05, 3.63) is 75.6 Å². The van der Waals surface area contributed by atoms with Crippen molar-refractivity contribution in [2.75, 3.05) is 0 Å². The van der Waals surface area contributed by atoms with Gasteiger partial charge in [0.1, 0.15) is 28.7 Å². The molecule has 1 amide bonds. The molecule has 3 N–H and O–H groups in total. The summed E-state index contributed by atoms with van der Waals surface area (Å²) in [5.41, 5.74) is 0.650. The maximum atomic E-state index is 13.3. The number of rotatable bonds is 4. The smallest absolute Gasteiger partial charge is 0.339 e. The van der Waals surface area contributed by atoms with Crippen molar-refractivity contribution in [1.82, 2.24) is 5.32 Å². The van der Waals surface area contributed by atoms with Crippen LogP contribution in [-0.2, 0) is 4.79 Å². The monoisotopic (exact) mass is 458 g/mol. The lowest BCUT2D eigenvalue weighted by Gasteiger charge is -2.02. The molecule has 3 aromatic rings. The van der Waals surface area contributed by atoms with Crippen molar-refractivity contribution in [3.63, 3.8) is 0 Å². The van der Waals surface area contributed by atoms with Crippen LogP contribution < -0.4 is 5.32 Å². The van der Waals surface area contributed by atoms with E-state index in [2.05, 4.69) is 10.3 Å². The van der Waals surface area contributed by atoms with E-state index in [-0.39, 0.29) is 22.2 Å². The molecule has 1 aliphatic heterocycles. The summed E-state index contributed by atoms with van der Waals surface area (Å²) in [7, 11) is 0. The fourth-order valence-corrected chi connectivity index (χ4v) is 3.73. The molecule has 2 heterocycles. The summed E-state index contributed by atoms with van der Waals surface area (Å²) < 4.78 is 19.0. The molecule has 10 heteroatoms. The van der Waals surface area contributed by atoms with Gasteiger partial charge in [-0.15, -0.1) is 0 Å². The van der Waals surface area contributed by atoms with E-state index < -0.39 is 11.8 Å². The number of carbonyl (C=O) groups is 2. The summed E-state index contributed by atoms with van der Waals surface area (Å²) in [5.74, 6) is -1.79. The first-order chi connectivity index (χ1) is 14.8. The second-order valence-corrected chi connectivity index (χ2v) is 7.76. The lowest BCUT2D eigenvalue weighted by Crippen LogP contribution is -2.19. The van der Waals surface area contributed by atoms with Gasteiger partial charge in [0.2, 0.25) is 0 Å². The highest BCUT2D eigenvalue weighted by molar-refractivity contribution is 8.18. The van der Waals surface area contributed by atoms with Gasteiger partial charge in [-0.25, -0.2) is 14.2 Å². The molecule has 0 aliphatic carbocycles. The number of thioether (sulfide) groups is 1. The summed E-state index contributed by atoms with van der Waals surface area (Å²) >= 11 is 6.82. The number of halogens is 2. The molecule has 1 aromatic heterocycles. The fourth-order valence-electron chi connectivity index (χ4n) is 2.73. The van der Waals surface area contributed by atoms with E-state index in [1.807, 2.05) is 0 Å². The largest absolute Gasteiger partial charge is 0.507 e. The lowest BCUT2D eigenvalue weighted by molar-refractivity contribution is -0.115. The average molecular weight is 459 g/mol. The molecule has 31 heavy (non-hydrogen) atoms. The highest BCUT2D eigenvalue weighted by Gasteiger charge is 2.24. The summed E-state index contributed by atoms with van der Waals surface area (Å²) in [4.78, 5) is 27.8. The van der Waals surface area contributed by atoms with Crippen LogP contribution in [0.4, 0.5) is 10.1 Å². The van der Waals surface area contributed by atoms with Crippen molar-refractivity contribution in [1.29, 1.82) is 0 Å². The fraction of sp³-hybridized carbons (Fsp3) is 0. The molecule has 0 atom stereocenters. The van der Waals surface area contributed by atoms with E-state index in [1.165, 1.54) is 42.5 Å². The molecule has 2 aromatic carbocycles. The first-order valence-electron chi connectivity index (χ1n) is 8.71. The van der Waals surface area contributed by atoms with E-state index >= 15 is 0 Å². The highest BCUT2D eigenvalue weighted by atomic mass is 35.5. The predicted octanol–water partition coefficient (Wildman–Crippen LogP) is 5.03. The van der Waals surface area contributed by atoms with E-state index in [4.69, 9.17) is 21.1 Å². The van der Waals surface area contributed by atoms with Gasteiger partial charge in [-0.05, 0) is 54.2 Å². The molecule has 0 saturated carbocycles. The Kier molecular flexibility index (Phi) is 5.53. The number of aliphatic imine (C=N–C) groups is 1. The summed E-state index contributed by atoms with van der Waals surface area (Å²) in [6.45, 7) is 0. The Morgan fingerprint density at radius 3 is 2.71 bits per heavy atom. The molecular weight excluding hydrogens is 447 g/mol. The number of hydrogen-bond donors (Lipinski definition) is 3. The van der Waals surface area contributed by atoms with Crippen molar-refractivity contribution in [2.24, 2.45) is 4.99 Å². The molecule has 0 bridgehead atoms. The number of phenols is 1. The van der Waals surface area contributed by atoms with Gasteiger partial charge in [0.05, 0.1) is 15.6 Å². The molecule has 0 unspecified atom stereocenters. The highest BCUT2D eigenvalue weighted by Crippen LogP contribution is 2.32. The molecule has 0 radical (unpaired) electrons. The maximum Gasteiger partial charge on any atom is 0.339 e. The SMILES string of the molecule is O=C1NC(=Nc2ccc(F)c(Cl)c2)S/C1=C\c1ccc(-c2ccc(C(=O)O)c(O)c2)o1. The first-order valence-corrected chi connectivity index (χ1v) is 9.91. The van der Waals surface area contributed by atoms with Crippen LogP contribution in [0.2, 0.25) is 5.02 Å². The number of nitrogens with zero attached hydrogens (tertiary/aromatic N) is 1. The van der Waals surface area contributed by atoms with Crippen LogP contribution in [0, 0.1) is 5.82 Å². The molecular formula is C21H12ClFN2O5S. The summed E-state index contributed by atoms with van der Waals surface area (Å²) in [6, 6.07) is 11.3. The van der Waals surface area contributed by atoms with Gasteiger partial charge in [0.25, 0.3) is 5.91 Å². The third-order valence-corrected chi connectivity index (χ3v) is 5.40. The van der Waals surface area contributed by atoms with Crippen molar-refractivity contribution >= 4 is 52.2 Å². The van der Waals surface area contributed by atoms with Gasteiger partial charge in [-0.2, -0.15) is 0 Å². The molecule has 0 spiro atoms. The Morgan fingerprint density at radius 2 is 2.00 bits per heavy atom. The number of aromatic carboxylic acids is 1. The topological polar surface area (TPSA) is 112 Å². The molecule has 156 valence electrons. The molecule has 7 nitrogen and oxygen atoms in total. The zero-order chi connectivity index (χ0) is 22.1. The van der Waals surface area contributed by atoms with Crippen molar-refractivity contribution < 1.29 is 28.6 Å². The second-order valence-electron chi connectivity index (χ2n) is 6.32. The number of nitrogens with one attached hydrogen (secondary N) is 1. The number of hydrogen-bond acceptors (Lipinski definition) is 6. The molecule has 4 rings (SSSR count). The minimum Gasteiger partial charge on any atom is -0.507 e. The van der Waals surface area contributed by atoms with Crippen LogP contribution >= 0.6 is 23.4 Å². The molecule has 1 fully saturated rings. The van der Waals surface area contributed by atoms with Crippen LogP contribution in [0.5, 0.6) is 5.75 Å². The summed E-state index contributed by atoms with van der Waals surface area (Å²) in [5, 5.41) is 21.7. The number of aromatic hydroxyl groups is 1. The number of furan rings is 1. The minimum absolute atomic E-state index is 0.0718. The Hall–Kier alpha value is -3.56. The quantitative estimate of drug-likeness (QED) is 0.472. The normalized spacial score (nSPS) is 16.1. The summed E-state index contributed by atoms with van der Waals surface area (Å²) in [6.07, 6.45) is 1.52. The third kappa shape index (κ3) is 4.47. The van der Waals surface area contributed by atoms with E-state index in [9.17, 15) is 19.1 Å². The average Bonchev–Trinajstić information content (AvgIpc) is 3.31. The van der Waals surface area contributed by atoms with Gasteiger partial charge < -0.3 is 19.9 Å². The number of carbonyl (C=O) groups excluding carboxylic acids is 1. The predicted molar refractivity (Wildman–Crippen MR) is 115 cm³/mol. The van der Waals surface area contributed by atoms with Crippen LogP contribution in [-0.4, -0.2) is 27.3 Å². The number of benzene rings is 2. The van der Waals surface area contributed by atoms with Crippen molar-refractivity contribution in [3.8, 4) is 17.1 Å². The molecule has 1 saturated heterocycles. The van der Waals surface area contributed by atoms with Gasteiger partial charge in [-0.3, -0.25) is 4.79 Å². The Morgan fingerprint density at radius 1 is 1.19 bits per heavy atom. The van der Waals surface area contributed by atoms with E-state index in [0.29, 0.717) is 32.8 Å². The van der Waals surface area contributed by atoms with E-state index in [1.54, 1.807) is 12.1 Å². The zero-order valence-electron chi connectivity index (χ0n) is 15.4. The van der Waals surface area contributed by atoms with E-state index in [0.717, 1.165) is 11.8 Å². The number of carboxylic acids is 1. The van der Waals surface area contributed by atoms with Crippen LogP contribution in [0.15, 0.2) is 62.8 Å². The van der Waals surface area contributed by atoms with Crippen LogP contribution in [0.25, 0.3) is 17.4 Å². The van der Waals surface area contributed by atoms with Gasteiger partial charge >= 0.3 is 5.97 Å². The third-order valence-electron chi connectivity index (χ3n) is 4.20. The minimum atomic E-state index is -1.24. The Balaban J connectivity index is 1.54. The van der Waals surface area contributed by atoms with Gasteiger partial charge in [0, 0.05) is 11.6 Å². The first kappa shape index (κ1) is 20.7. The van der Waals surface area contributed by atoms with Gasteiger partial charge in [-0.1, -0.05) is 17.7 Å². The number of amides is 1. The number of amidine groups is 1. The standard InChI is InChI=1S/C21H12ClFN2O5S/c22-14-8-11(2-5-15(14)23)24-21-25-19(27)18(31-21)9-12-3-6-17(30-12)10-1-4-13(20(28)29)16(26)7-10/h1-9,26H,(H,28,29)(H,24,25,27)/b18-9-.